The second kappa shape index (κ2) is 10.4. The Kier molecular flexibility index (Phi) is 6.96. The highest BCUT2D eigenvalue weighted by atomic mass is 32.2. The fourth-order valence-electron chi connectivity index (χ4n) is 6.97. The van der Waals surface area contributed by atoms with Crippen molar-refractivity contribution in [1.82, 2.24) is 4.90 Å². The van der Waals surface area contributed by atoms with Crippen molar-refractivity contribution >= 4 is 51.6 Å². The van der Waals surface area contributed by atoms with Crippen LogP contribution in [0.2, 0.25) is 0 Å². The zero-order valence-electron chi connectivity index (χ0n) is 22.5. The van der Waals surface area contributed by atoms with E-state index in [1.807, 2.05) is 49.4 Å². The van der Waals surface area contributed by atoms with Crippen LogP contribution in [0.25, 0.3) is 10.8 Å². The zero-order chi connectivity index (χ0) is 28.0. The number of hydrogen-bond acceptors (Lipinski definition) is 6. The van der Waals surface area contributed by atoms with Gasteiger partial charge in [0.05, 0.1) is 29.8 Å². The van der Waals surface area contributed by atoms with E-state index in [2.05, 4.69) is 17.6 Å². The van der Waals surface area contributed by atoms with Crippen molar-refractivity contribution in [1.29, 1.82) is 0 Å². The molecule has 1 spiro atoms. The smallest absolute Gasteiger partial charge is 0.248 e. The van der Waals surface area contributed by atoms with Gasteiger partial charge in [0.15, 0.2) is 0 Å². The van der Waals surface area contributed by atoms with Gasteiger partial charge in [-0.2, -0.15) is 0 Å². The van der Waals surface area contributed by atoms with Crippen molar-refractivity contribution in [2.45, 2.75) is 36.3 Å². The van der Waals surface area contributed by atoms with E-state index in [4.69, 9.17) is 4.74 Å². The predicted octanol–water partition coefficient (Wildman–Crippen LogP) is 4.15. The van der Waals surface area contributed by atoms with Crippen molar-refractivity contribution in [3.63, 3.8) is 0 Å². The van der Waals surface area contributed by atoms with Gasteiger partial charge in [-0.1, -0.05) is 37.3 Å². The number of hydrogen-bond donors (Lipinski definition) is 3. The number of fused-ring (bicyclic) bond motifs is 2. The molecular formula is C31H33N3O5S. The summed E-state index contributed by atoms with van der Waals surface area (Å²) >= 11 is 1.61. The molecule has 0 aromatic heterocycles. The number of carbonyl (C=O) groups is 3. The van der Waals surface area contributed by atoms with Crippen molar-refractivity contribution in [3.8, 4) is 5.75 Å². The highest BCUT2D eigenvalue weighted by Crippen LogP contribution is 2.68. The van der Waals surface area contributed by atoms with Crippen LogP contribution in [-0.4, -0.2) is 63.5 Å². The molecule has 3 aromatic rings. The van der Waals surface area contributed by atoms with Gasteiger partial charge >= 0.3 is 0 Å². The Balaban J connectivity index is 1.29. The standard InChI is InChI=1S/C31H33N3O5S/c1-3-39-23-12-10-21(11-13-23)32-28(36)25-24-16-18(2)31(40-24)26(25)30(38)34(14-15-35)27(31)29(37)33-22-9-8-19-6-4-5-7-20(19)17-22/h4-13,17-18,24-27,35H,3,14-16H2,1-2H3,(H,32,36)(H,33,37)/t18?,24-,25+,26-,27?,31?/m0/s1. The lowest BCUT2D eigenvalue weighted by Crippen LogP contribution is -2.55. The Hall–Kier alpha value is -3.56. The molecule has 3 N–H and O–H groups in total. The molecule has 3 unspecified atom stereocenters. The van der Waals surface area contributed by atoms with Crippen LogP contribution < -0.4 is 15.4 Å². The largest absolute Gasteiger partial charge is 0.494 e. The van der Waals surface area contributed by atoms with Crippen molar-refractivity contribution in [3.05, 3.63) is 66.7 Å². The number of benzene rings is 3. The molecule has 3 heterocycles. The van der Waals surface area contributed by atoms with Gasteiger partial charge in [-0.25, -0.2) is 0 Å². The summed E-state index contributed by atoms with van der Waals surface area (Å²) in [5, 5.41) is 17.9. The molecule has 2 bridgehead atoms. The summed E-state index contributed by atoms with van der Waals surface area (Å²) in [5.41, 5.74) is 1.28. The average molecular weight is 560 g/mol. The van der Waals surface area contributed by atoms with Crippen LogP contribution in [0, 0.1) is 17.8 Å². The molecule has 0 saturated carbocycles. The van der Waals surface area contributed by atoms with Crippen LogP contribution in [0.3, 0.4) is 0 Å². The molecular weight excluding hydrogens is 526 g/mol. The van der Waals surface area contributed by atoms with Gasteiger partial charge in [0.25, 0.3) is 0 Å². The lowest BCUT2D eigenvalue weighted by Gasteiger charge is -2.38. The monoisotopic (exact) mass is 559 g/mol. The number of nitrogens with one attached hydrogen (secondary N) is 2. The van der Waals surface area contributed by atoms with E-state index in [9.17, 15) is 19.5 Å². The van der Waals surface area contributed by atoms with Crippen LogP contribution in [-0.2, 0) is 14.4 Å². The molecule has 6 rings (SSSR count). The summed E-state index contributed by atoms with van der Waals surface area (Å²) in [6.07, 6.45) is 0.739. The molecule has 0 aliphatic carbocycles. The quantitative estimate of drug-likeness (QED) is 0.383. The maximum Gasteiger partial charge on any atom is 0.248 e. The summed E-state index contributed by atoms with van der Waals surface area (Å²) in [4.78, 5) is 43.1. The van der Waals surface area contributed by atoms with Crippen LogP contribution in [0.15, 0.2) is 66.7 Å². The van der Waals surface area contributed by atoms with Gasteiger partial charge in [0, 0.05) is 23.2 Å². The van der Waals surface area contributed by atoms with Crippen LogP contribution >= 0.6 is 11.8 Å². The van der Waals surface area contributed by atoms with Crippen LogP contribution in [0.5, 0.6) is 5.75 Å². The Morgan fingerprint density at radius 2 is 1.73 bits per heavy atom. The lowest BCUT2D eigenvalue weighted by molar-refractivity contribution is -0.138. The summed E-state index contributed by atoms with van der Waals surface area (Å²) in [6.45, 7) is 4.31. The van der Waals surface area contributed by atoms with E-state index in [1.165, 1.54) is 4.90 Å². The summed E-state index contributed by atoms with van der Waals surface area (Å²) in [5.74, 6) is -1.19. The molecule has 3 amide bonds. The topological polar surface area (TPSA) is 108 Å². The second-order valence-corrected chi connectivity index (χ2v) is 12.4. The van der Waals surface area contributed by atoms with E-state index in [1.54, 1.807) is 36.0 Å². The number of thioether (sulfide) groups is 1. The number of ether oxygens (including phenoxy) is 1. The van der Waals surface area contributed by atoms with Gasteiger partial charge in [-0.05, 0) is 66.4 Å². The number of aliphatic hydroxyl groups excluding tert-OH is 1. The number of carbonyl (C=O) groups excluding carboxylic acids is 3. The fraction of sp³-hybridized carbons (Fsp3) is 0.387. The third kappa shape index (κ3) is 4.23. The van der Waals surface area contributed by atoms with Crippen molar-refractivity contribution < 1.29 is 24.2 Å². The minimum absolute atomic E-state index is 0.0397. The highest BCUT2D eigenvalue weighted by Gasteiger charge is 2.75. The number of likely N-dealkylation sites (tertiary alicyclic amines) is 1. The molecule has 40 heavy (non-hydrogen) atoms. The number of amides is 3. The molecule has 3 aliphatic rings. The third-order valence-corrected chi connectivity index (χ3v) is 10.7. The minimum atomic E-state index is -0.795. The number of anilines is 2. The maximum absolute atomic E-state index is 14.0. The van der Waals surface area contributed by atoms with E-state index in [0.29, 0.717) is 18.0 Å². The molecule has 3 aromatic carbocycles. The second-order valence-electron chi connectivity index (χ2n) is 10.8. The lowest BCUT2D eigenvalue weighted by atomic mass is 9.66. The molecule has 8 nitrogen and oxygen atoms in total. The number of rotatable bonds is 8. The van der Waals surface area contributed by atoms with Crippen molar-refractivity contribution in [2.24, 2.45) is 17.8 Å². The molecule has 208 valence electrons. The van der Waals surface area contributed by atoms with E-state index < -0.39 is 22.6 Å². The first kappa shape index (κ1) is 26.7. The molecule has 3 fully saturated rings. The highest BCUT2D eigenvalue weighted by molar-refractivity contribution is 8.02. The van der Waals surface area contributed by atoms with Crippen LogP contribution in [0.4, 0.5) is 11.4 Å². The number of nitrogens with zero attached hydrogens (tertiary/aromatic N) is 1. The first-order chi connectivity index (χ1) is 19.4. The Labute approximate surface area is 237 Å². The predicted molar refractivity (Wildman–Crippen MR) is 156 cm³/mol. The van der Waals surface area contributed by atoms with Crippen molar-refractivity contribution in [2.75, 3.05) is 30.4 Å². The van der Waals surface area contributed by atoms with Gasteiger partial charge in [0.2, 0.25) is 17.7 Å². The molecule has 6 atom stereocenters. The molecule has 9 heteroatoms. The first-order valence-electron chi connectivity index (χ1n) is 13.8. The van der Waals surface area contributed by atoms with Crippen LogP contribution in [0.1, 0.15) is 20.3 Å². The van der Waals surface area contributed by atoms with E-state index in [-0.39, 0.29) is 42.0 Å². The third-order valence-electron chi connectivity index (χ3n) is 8.59. The van der Waals surface area contributed by atoms with Gasteiger partial charge < -0.3 is 25.4 Å². The van der Waals surface area contributed by atoms with Gasteiger partial charge in [-0.3, -0.25) is 14.4 Å². The normalized spacial score (nSPS) is 28.5. The fourth-order valence-corrected chi connectivity index (χ4v) is 9.39. The van der Waals surface area contributed by atoms with Gasteiger partial charge in [-0.15, -0.1) is 11.8 Å². The summed E-state index contributed by atoms with van der Waals surface area (Å²) in [7, 11) is 0. The summed E-state index contributed by atoms with van der Waals surface area (Å²) in [6, 6.07) is 20.0. The average Bonchev–Trinajstić information content (AvgIpc) is 3.54. The van der Waals surface area contributed by atoms with E-state index in [0.717, 1.165) is 22.9 Å². The zero-order valence-corrected chi connectivity index (χ0v) is 23.3. The number of aliphatic hydroxyl groups is 1. The van der Waals surface area contributed by atoms with Gasteiger partial charge in [0.1, 0.15) is 11.8 Å². The first-order valence-corrected chi connectivity index (χ1v) is 14.7. The molecule has 3 saturated heterocycles. The Morgan fingerprint density at radius 3 is 2.45 bits per heavy atom. The van der Waals surface area contributed by atoms with E-state index >= 15 is 0 Å². The SMILES string of the molecule is CCOc1ccc(NC(=O)[C@@H]2[C@@H]3CC(C)C4(S3)C(C(=O)Nc3ccc5ccccc5c3)N(CCO)C(=O)[C@H]24)cc1. The molecule has 3 aliphatic heterocycles. The number of β-amino-alcohol motifs (C(OH)–C–C–N with tert-alkyl or cyclic N) is 1. The Bertz CT molecular complexity index is 1460. The Morgan fingerprint density at radius 1 is 1.02 bits per heavy atom. The summed E-state index contributed by atoms with van der Waals surface area (Å²) < 4.78 is 4.74. The molecule has 0 radical (unpaired) electrons. The minimum Gasteiger partial charge on any atom is -0.494 e. The maximum atomic E-state index is 14.0.